The monoisotopic (exact) mass is 390 g/mol. The molecule has 0 saturated heterocycles. The third-order valence-corrected chi connectivity index (χ3v) is 5.76. The number of benzene rings is 2. The molecule has 0 unspecified atom stereocenters. The van der Waals surface area contributed by atoms with E-state index in [1.54, 1.807) is 19.1 Å². The van der Waals surface area contributed by atoms with Crippen LogP contribution in [0.5, 0.6) is 5.75 Å². The smallest absolute Gasteiger partial charge is 0.243 e. The summed E-state index contributed by atoms with van der Waals surface area (Å²) in [5.74, 6) is 0.274. The number of rotatable bonds is 8. The predicted molar refractivity (Wildman–Crippen MR) is 105 cm³/mol. The zero-order valence-electron chi connectivity index (χ0n) is 16.1. The van der Waals surface area contributed by atoms with Gasteiger partial charge < -0.3 is 10.1 Å². The lowest BCUT2D eigenvalue weighted by Crippen LogP contribution is -2.42. The van der Waals surface area contributed by atoms with Crippen LogP contribution in [0.1, 0.15) is 25.0 Å². The molecule has 0 aliphatic heterocycles. The molecular weight excluding hydrogens is 364 g/mol. The number of sulfonamides is 1. The summed E-state index contributed by atoms with van der Waals surface area (Å²) in [6.45, 7) is 5.31. The van der Waals surface area contributed by atoms with E-state index >= 15 is 0 Å². The highest BCUT2D eigenvalue weighted by molar-refractivity contribution is 7.89. The molecule has 0 heterocycles. The summed E-state index contributed by atoms with van der Waals surface area (Å²) in [7, 11) is -2.32. The van der Waals surface area contributed by atoms with Crippen LogP contribution in [0.15, 0.2) is 53.4 Å². The SMILES string of the molecule is COc1ccc(S(=O)(=O)N(CC(=O)NC(C)C)Cc2ccccc2)cc1C. The Labute approximate surface area is 161 Å². The van der Waals surface area contributed by atoms with E-state index < -0.39 is 10.0 Å². The zero-order chi connectivity index (χ0) is 20.0. The van der Waals surface area contributed by atoms with Crippen molar-refractivity contribution in [1.29, 1.82) is 0 Å². The normalized spacial score (nSPS) is 11.6. The van der Waals surface area contributed by atoms with Crippen LogP contribution in [0.3, 0.4) is 0 Å². The van der Waals surface area contributed by atoms with E-state index in [0.717, 1.165) is 5.56 Å². The topological polar surface area (TPSA) is 75.7 Å². The Kier molecular flexibility index (Phi) is 6.98. The average Bonchev–Trinajstić information content (AvgIpc) is 2.61. The number of hydrogen-bond acceptors (Lipinski definition) is 4. The number of amides is 1. The lowest BCUT2D eigenvalue weighted by atomic mass is 10.2. The molecule has 1 amide bonds. The minimum absolute atomic E-state index is 0.0676. The second-order valence-electron chi connectivity index (χ2n) is 6.61. The number of methoxy groups -OCH3 is 1. The van der Waals surface area contributed by atoms with Gasteiger partial charge in [0.05, 0.1) is 18.6 Å². The van der Waals surface area contributed by atoms with Crippen LogP contribution < -0.4 is 10.1 Å². The summed E-state index contributed by atoms with van der Waals surface area (Å²) in [5, 5.41) is 2.75. The Hall–Kier alpha value is -2.38. The molecular formula is C20H26N2O4S. The third kappa shape index (κ3) is 5.55. The van der Waals surface area contributed by atoms with Crippen molar-refractivity contribution in [2.45, 2.75) is 38.3 Å². The molecule has 1 N–H and O–H groups in total. The van der Waals surface area contributed by atoms with Crippen LogP contribution in [0.4, 0.5) is 0 Å². The van der Waals surface area contributed by atoms with Crippen molar-refractivity contribution in [3.8, 4) is 5.75 Å². The molecule has 0 bridgehead atoms. The van der Waals surface area contributed by atoms with Gasteiger partial charge in [-0.2, -0.15) is 4.31 Å². The number of carbonyl (C=O) groups is 1. The fraction of sp³-hybridized carbons (Fsp3) is 0.350. The van der Waals surface area contributed by atoms with E-state index in [4.69, 9.17) is 4.74 Å². The molecule has 2 aromatic carbocycles. The molecule has 146 valence electrons. The molecule has 0 aliphatic rings. The van der Waals surface area contributed by atoms with E-state index in [1.807, 2.05) is 44.2 Å². The first-order valence-corrected chi connectivity index (χ1v) is 10.2. The molecule has 27 heavy (non-hydrogen) atoms. The number of carbonyl (C=O) groups excluding carboxylic acids is 1. The highest BCUT2D eigenvalue weighted by Crippen LogP contribution is 2.24. The van der Waals surface area contributed by atoms with Crippen molar-refractivity contribution in [1.82, 2.24) is 9.62 Å². The van der Waals surface area contributed by atoms with E-state index in [-0.39, 0.29) is 29.9 Å². The summed E-state index contributed by atoms with van der Waals surface area (Å²) in [6.07, 6.45) is 0. The van der Waals surface area contributed by atoms with Gasteiger partial charge in [-0.05, 0) is 50.1 Å². The summed E-state index contributed by atoms with van der Waals surface area (Å²) >= 11 is 0. The molecule has 2 rings (SSSR count). The lowest BCUT2D eigenvalue weighted by molar-refractivity contribution is -0.121. The van der Waals surface area contributed by atoms with Crippen molar-refractivity contribution in [2.75, 3.05) is 13.7 Å². The fourth-order valence-electron chi connectivity index (χ4n) is 2.70. The first-order valence-electron chi connectivity index (χ1n) is 8.72. The fourth-order valence-corrected chi connectivity index (χ4v) is 4.17. The predicted octanol–water partition coefficient (Wildman–Crippen LogP) is 2.72. The Morgan fingerprint density at radius 2 is 1.81 bits per heavy atom. The van der Waals surface area contributed by atoms with Crippen molar-refractivity contribution < 1.29 is 17.9 Å². The van der Waals surface area contributed by atoms with Crippen LogP contribution in [-0.4, -0.2) is 38.3 Å². The van der Waals surface area contributed by atoms with E-state index in [2.05, 4.69) is 5.32 Å². The quantitative estimate of drug-likeness (QED) is 0.752. The molecule has 0 fully saturated rings. The molecule has 0 aromatic heterocycles. The summed E-state index contributed by atoms with van der Waals surface area (Å²) in [6, 6.07) is 13.8. The number of hydrogen-bond donors (Lipinski definition) is 1. The van der Waals surface area contributed by atoms with E-state index in [9.17, 15) is 13.2 Å². The highest BCUT2D eigenvalue weighted by Gasteiger charge is 2.27. The standard InChI is InChI=1S/C20H26N2O4S/c1-15(2)21-20(23)14-22(13-17-8-6-5-7-9-17)27(24,25)18-10-11-19(26-4)16(3)12-18/h5-12,15H,13-14H2,1-4H3,(H,21,23). The Morgan fingerprint density at radius 3 is 2.37 bits per heavy atom. The lowest BCUT2D eigenvalue weighted by Gasteiger charge is -2.23. The zero-order valence-corrected chi connectivity index (χ0v) is 16.9. The van der Waals surface area contributed by atoms with Gasteiger partial charge in [-0.3, -0.25) is 4.79 Å². The Balaban J connectivity index is 2.37. The minimum Gasteiger partial charge on any atom is -0.496 e. The largest absolute Gasteiger partial charge is 0.496 e. The first-order chi connectivity index (χ1) is 12.7. The first kappa shape index (κ1) is 20.9. The van der Waals surface area contributed by atoms with Gasteiger partial charge in [0, 0.05) is 12.6 Å². The van der Waals surface area contributed by atoms with Crippen molar-refractivity contribution in [2.24, 2.45) is 0 Å². The summed E-state index contributed by atoms with van der Waals surface area (Å²) < 4.78 is 32.8. The molecule has 6 nitrogen and oxygen atoms in total. The van der Waals surface area contributed by atoms with Gasteiger partial charge in [0.25, 0.3) is 0 Å². The number of nitrogens with one attached hydrogen (secondary N) is 1. The highest BCUT2D eigenvalue weighted by atomic mass is 32.2. The maximum atomic E-state index is 13.2. The van der Waals surface area contributed by atoms with Gasteiger partial charge in [-0.1, -0.05) is 30.3 Å². The molecule has 0 atom stereocenters. The third-order valence-electron chi connectivity index (χ3n) is 3.98. The maximum Gasteiger partial charge on any atom is 0.243 e. The van der Waals surface area contributed by atoms with Gasteiger partial charge in [-0.15, -0.1) is 0 Å². The van der Waals surface area contributed by atoms with Crippen molar-refractivity contribution in [3.05, 3.63) is 59.7 Å². The molecule has 7 heteroatoms. The molecule has 0 radical (unpaired) electrons. The van der Waals surface area contributed by atoms with E-state index in [1.165, 1.54) is 17.5 Å². The molecule has 0 spiro atoms. The van der Waals surface area contributed by atoms with Crippen LogP contribution in [0.25, 0.3) is 0 Å². The van der Waals surface area contributed by atoms with Crippen molar-refractivity contribution >= 4 is 15.9 Å². The maximum absolute atomic E-state index is 13.2. The van der Waals surface area contributed by atoms with Gasteiger partial charge in [0.1, 0.15) is 5.75 Å². The summed E-state index contributed by atoms with van der Waals surface area (Å²) in [4.78, 5) is 12.4. The Bertz CT molecular complexity index is 880. The minimum atomic E-state index is -3.86. The molecule has 0 aliphatic carbocycles. The van der Waals surface area contributed by atoms with Crippen LogP contribution >= 0.6 is 0 Å². The molecule has 2 aromatic rings. The van der Waals surface area contributed by atoms with Crippen LogP contribution in [-0.2, 0) is 21.4 Å². The van der Waals surface area contributed by atoms with Crippen LogP contribution in [0, 0.1) is 6.92 Å². The van der Waals surface area contributed by atoms with Gasteiger partial charge in [0.2, 0.25) is 15.9 Å². The van der Waals surface area contributed by atoms with Gasteiger partial charge in [0.15, 0.2) is 0 Å². The average molecular weight is 391 g/mol. The molecule has 0 saturated carbocycles. The van der Waals surface area contributed by atoms with Gasteiger partial charge >= 0.3 is 0 Å². The number of nitrogens with zero attached hydrogens (tertiary/aromatic N) is 1. The van der Waals surface area contributed by atoms with Gasteiger partial charge in [-0.25, -0.2) is 8.42 Å². The second kappa shape index (κ2) is 9.01. The van der Waals surface area contributed by atoms with Crippen molar-refractivity contribution in [3.63, 3.8) is 0 Å². The Morgan fingerprint density at radius 1 is 1.15 bits per heavy atom. The number of ether oxygens (including phenoxy) is 1. The van der Waals surface area contributed by atoms with Crippen LogP contribution in [0.2, 0.25) is 0 Å². The number of aryl methyl sites for hydroxylation is 1. The second-order valence-corrected chi connectivity index (χ2v) is 8.55. The summed E-state index contributed by atoms with van der Waals surface area (Å²) in [5.41, 5.74) is 1.52. The van der Waals surface area contributed by atoms with E-state index in [0.29, 0.717) is 11.3 Å².